The van der Waals surface area contributed by atoms with Gasteiger partial charge in [-0.15, -0.1) is 0 Å². The SMILES string of the molecule is CC(CC(C)(C)OOC(C)(C)C)OC(=N)ON1C(=O)C=CC1=O. The van der Waals surface area contributed by atoms with Crippen LogP contribution in [0.25, 0.3) is 0 Å². The minimum atomic E-state index is -0.659. The van der Waals surface area contributed by atoms with Gasteiger partial charge in [0.1, 0.15) is 11.7 Å². The van der Waals surface area contributed by atoms with Crippen LogP contribution in [0.15, 0.2) is 12.2 Å². The molecule has 0 saturated carbocycles. The number of imide groups is 1. The second kappa shape index (κ2) is 7.10. The number of hydroxylamine groups is 2. The molecule has 8 heteroatoms. The quantitative estimate of drug-likeness (QED) is 0.264. The van der Waals surface area contributed by atoms with E-state index in [-0.39, 0.29) is 0 Å². The molecule has 0 saturated heterocycles. The lowest BCUT2D eigenvalue weighted by Gasteiger charge is -2.30. The van der Waals surface area contributed by atoms with E-state index >= 15 is 0 Å². The molecule has 1 aliphatic heterocycles. The molecule has 130 valence electrons. The smallest absolute Gasteiger partial charge is 0.406 e. The number of rotatable bonds is 6. The molecule has 23 heavy (non-hydrogen) atoms. The van der Waals surface area contributed by atoms with E-state index in [9.17, 15) is 9.59 Å². The predicted octanol–water partition coefficient (Wildman–Crippen LogP) is 2.10. The van der Waals surface area contributed by atoms with Crippen LogP contribution in [0.3, 0.4) is 0 Å². The number of ether oxygens (including phenoxy) is 1. The van der Waals surface area contributed by atoms with Gasteiger partial charge in [-0.2, -0.15) is 0 Å². The highest BCUT2D eigenvalue weighted by molar-refractivity contribution is 6.12. The summed E-state index contributed by atoms with van der Waals surface area (Å²) in [5.74, 6) is -1.31. The van der Waals surface area contributed by atoms with Gasteiger partial charge in [-0.25, -0.2) is 15.2 Å². The minimum Gasteiger partial charge on any atom is -0.446 e. The maximum atomic E-state index is 11.3. The molecule has 0 aromatic heterocycles. The zero-order valence-electron chi connectivity index (χ0n) is 14.3. The van der Waals surface area contributed by atoms with Crippen molar-refractivity contribution in [1.29, 1.82) is 5.41 Å². The second-order valence-corrected chi connectivity index (χ2v) is 6.85. The number of nitrogens with one attached hydrogen (secondary N) is 1. The molecule has 1 aliphatic rings. The highest BCUT2D eigenvalue weighted by Gasteiger charge is 2.30. The van der Waals surface area contributed by atoms with Gasteiger partial charge in [0.2, 0.25) is 0 Å². The molecule has 1 rings (SSSR count). The zero-order chi connectivity index (χ0) is 17.8. The maximum absolute atomic E-state index is 11.3. The van der Waals surface area contributed by atoms with Crippen LogP contribution in [0.4, 0.5) is 0 Å². The van der Waals surface area contributed by atoms with Crippen molar-refractivity contribution >= 4 is 17.9 Å². The summed E-state index contributed by atoms with van der Waals surface area (Å²) in [5, 5.41) is 8.04. The van der Waals surface area contributed by atoms with Crippen LogP contribution in [0.5, 0.6) is 0 Å². The number of hydrogen-bond acceptors (Lipinski definition) is 7. The lowest BCUT2D eigenvalue weighted by molar-refractivity contribution is -0.399. The molecule has 1 atom stereocenters. The Morgan fingerprint density at radius 1 is 1.13 bits per heavy atom. The summed E-state index contributed by atoms with van der Waals surface area (Å²) in [6.07, 6.45) is 1.41. The molecule has 0 radical (unpaired) electrons. The van der Waals surface area contributed by atoms with Gasteiger partial charge in [-0.1, -0.05) is 5.06 Å². The molecule has 1 heterocycles. The van der Waals surface area contributed by atoms with E-state index in [1.165, 1.54) is 0 Å². The molecule has 0 aromatic carbocycles. The van der Waals surface area contributed by atoms with Gasteiger partial charge >= 0.3 is 6.08 Å². The van der Waals surface area contributed by atoms with Crippen LogP contribution >= 0.6 is 0 Å². The number of hydrogen-bond donors (Lipinski definition) is 1. The standard InChI is InChI=1S/C15H24N2O6/c1-10(9-15(5,6)23-22-14(2,3)4)20-13(16)21-17-11(18)7-8-12(17)19/h7-8,10,16H,9H2,1-6H3. The number of carbonyl (C=O) groups is 2. The summed E-state index contributed by atoms with van der Waals surface area (Å²) in [6.45, 7) is 11.0. The normalized spacial score (nSPS) is 16.7. The summed E-state index contributed by atoms with van der Waals surface area (Å²) < 4.78 is 5.23. The van der Waals surface area contributed by atoms with Crippen LogP contribution in [-0.4, -0.2) is 40.3 Å². The second-order valence-electron chi connectivity index (χ2n) is 6.85. The molecule has 1 N–H and O–H groups in total. The Kier molecular flexibility index (Phi) is 5.90. The Morgan fingerprint density at radius 3 is 2.13 bits per heavy atom. The molecule has 0 fully saturated rings. The van der Waals surface area contributed by atoms with Gasteiger partial charge in [0.05, 0.1) is 5.60 Å². The molecular weight excluding hydrogens is 304 g/mol. The topological polar surface area (TPSA) is 98.2 Å². The van der Waals surface area contributed by atoms with Gasteiger partial charge in [-0.3, -0.25) is 9.59 Å². The lowest BCUT2D eigenvalue weighted by Crippen LogP contribution is -2.37. The first kappa shape index (κ1) is 19.1. The molecule has 1 unspecified atom stereocenters. The molecule has 8 nitrogen and oxygen atoms in total. The maximum Gasteiger partial charge on any atom is 0.406 e. The molecule has 2 amide bonds. The molecule has 0 spiro atoms. The average Bonchev–Trinajstić information content (AvgIpc) is 2.67. The summed E-state index contributed by atoms with van der Waals surface area (Å²) in [7, 11) is 0. The van der Waals surface area contributed by atoms with Crippen molar-refractivity contribution in [2.24, 2.45) is 0 Å². The van der Waals surface area contributed by atoms with E-state index in [1.807, 2.05) is 34.6 Å². The molecular formula is C15H24N2O6. The Bertz CT molecular complexity index is 489. The van der Waals surface area contributed by atoms with Crippen molar-refractivity contribution in [2.45, 2.75) is 65.3 Å². The van der Waals surface area contributed by atoms with Crippen molar-refractivity contribution in [3.05, 3.63) is 12.2 Å². The fourth-order valence-electron chi connectivity index (χ4n) is 1.77. The van der Waals surface area contributed by atoms with E-state index < -0.39 is 35.2 Å². The van der Waals surface area contributed by atoms with E-state index in [2.05, 4.69) is 0 Å². The monoisotopic (exact) mass is 328 g/mol. The first-order valence-electron chi connectivity index (χ1n) is 7.26. The Morgan fingerprint density at radius 2 is 1.65 bits per heavy atom. The lowest BCUT2D eigenvalue weighted by atomic mass is 10.0. The Labute approximate surface area is 135 Å². The van der Waals surface area contributed by atoms with Gasteiger partial charge in [-0.05, 0) is 41.5 Å². The van der Waals surface area contributed by atoms with Crippen molar-refractivity contribution in [3.63, 3.8) is 0 Å². The third-order valence-corrected chi connectivity index (χ3v) is 2.55. The van der Waals surface area contributed by atoms with E-state index in [1.54, 1.807) is 6.92 Å². The molecule has 0 bridgehead atoms. The van der Waals surface area contributed by atoms with Crippen molar-refractivity contribution < 1.29 is 28.9 Å². The molecule has 0 aromatic rings. The molecule has 0 aliphatic carbocycles. The van der Waals surface area contributed by atoms with Crippen LogP contribution < -0.4 is 0 Å². The van der Waals surface area contributed by atoms with Crippen molar-refractivity contribution in [2.75, 3.05) is 0 Å². The van der Waals surface area contributed by atoms with Gasteiger partial charge in [0.15, 0.2) is 0 Å². The van der Waals surface area contributed by atoms with Crippen LogP contribution in [0.1, 0.15) is 48.0 Å². The van der Waals surface area contributed by atoms with Crippen molar-refractivity contribution in [1.82, 2.24) is 5.06 Å². The first-order valence-corrected chi connectivity index (χ1v) is 7.26. The third kappa shape index (κ3) is 6.79. The first-order chi connectivity index (χ1) is 10.4. The van der Waals surface area contributed by atoms with Crippen molar-refractivity contribution in [3.8, 4) is 0 Å². The van der Waals surface area contributed by atoms with Gasteiger partial charge in [0, 0.05) is 18.6 Å². The fourth-order valence-corrected chi connectivity index (χ4v) is 1.77. The summed E-state index contributed by atoms with van der Waals surface area (Å²) in [4.78, 5) is 38.1. The van der Waals surface area contributed by atoms with E-state index in [4.69, 9.17) is 24.8 Å². The minimum absolute atomic E-state index is 0.398. The Balaban J connectivity index is 2.43. The zero-order valence-corrected chi connectivity index (χ0v) is 14.3. The van der Waals surface area contributed by atoms with E-state index in [0.717, 1.165) is 12.2 Å². The fraction of sp³-hybridized carbons (Fsp3) is 0.667. The van der Waals surface area contributed by atoms with Crippen LogP contribution in [-0.2, 0) is 28.9 Å². The number of carbonyl (C=O) groups excluding carboxylic acids is 2. The van der Waals surface area contributed by atoms with E-state index in [0.29, 0.717) is 11.5 Å². The number of nitrogens with zero attached hydrogens (tertiary/aromatic N) is 1. The summed E-state index contributed by atoms with van der Waals surface area (Å²) in [5.41, 5.74) is -1.10. The highest BCUT2D eigenvalue weighted by atomic mass is 17.2. The van der Waals surface area contributed by atoms with Crippen LogP contribution in [0, 0.1) is 5.41 Å². The highest BCUT2D eigenvalue weighted by Crippen LogP contribution is 2.22. The third-order valence-electron chi connectivity index (χ3n) is 2.55. The summed E-state index contributed by atoms with van der Waals surface area (Å²) in [6, 6.07) is 0. The van der Waals surface area contributed by atoms with Gasteiger partial charge in [0.25, 0.3) is 11.8 Å². The summed E-state index contributed by atoms with van der Waals surface area (Å²) >= 11 is 0. The van der Waals surface area contributed by atoms with Gasteiger partial charge < -0.3 is 9.57 Å². The average molecular weight is 328 g/mol. The number of amides is 2. The Hall–Kier alpha value is -1.93. The van der Waals surface area contributed by atoms with Crippen LogP contribution in [0.2, 0.25) is 0 Å². The largest absolute Gasteiger partial charge is 0.446 e. The predicted molar refractivity (Wildman–Crippen MR) is 81.0 cm³/mol.